The number of ether oxygens (including phenoxy) is 1. The van der Waals surface area contributed by atoms with Gasteiger partial charge in [0.25, 0.3) is 0 Å². The molecule has 8 heteroatoms. The Morgan fingerprint density at radius 2 is 1.93 bits per heavy atom. The van der Waals surface area contributed by atoms with Gasteiger partial charge in [0.15, 0.2) is 5.65 Å². The molecular weight excluding hydrogens is 407 g/mol. The largest absolute Gasteiger partial charge is 0.462 e. The van der Waals surface area contributed by atoms with E-state index >= 15 is 0 Å². The molecule has 0 spiro atoms. The van der Waals surface area contributed by atoms with Crippen LogP contribution in [0.2, 0.25) is 5.02 Å². The molecule has 1 atom stereocenters. The Bertz CT molecular complexity index is 1270. The molecule has 154 valence electrons. The summed E-state index contributed by atoms with van der Waals surface area (Å²) in [5.41, 5.74) is 8.92. The van der Waals surface area contributed by atoms with Crippen molar-refractivity contribution in [2.45, 2.75) is 20.3 Å². The van der Waals surface area contributed by atoms with Crippen LogP contribution < -0.4 is 5.73 Å². The molecule has 2 aromatic carbocycles. The van der Waals surface area contributed by atoms with Gasteiger partial charge < -0.3 is 10.5 Å². The Balaban J connectivity index is 1.96. The van der Waals surface area contributed by atoms with Gasteiger partial charge in [-0.2, -0.15) is 0 Å². The molecule has 4 aromatic rings. The third-order valence-corrected chi connectivity index (χ3v) is 5.35. The van der Waals surface area contributed by atoms with Crippen LogP contribution in [0.3, 0.4) is 0 Å². The highest BCUT2D eigenvalue weighted by Gasteiger charge is 2.26. The Morgan fingerprint density at radius 3 is 2.60 bits per heavy atom. The van der Waals surface area contributed by atoms with Crippen LogP contribution in [0.4, 0.5) is 10.2 Å². The smallest absolute Gasteiger partial charge is 0.344 e. The first-order valence-electron chi connectivity index (χ1n) is 9.60. The van der Waals surface area contributed by atoms with E-state index in [0.717, 1.165) is 6.42 Å². The number of hydrogen-bond donors (Lipinski definition) is 1. The molecule has 4 rings (SSSR count). The maximum atomic E-state index is 13.7. The summed E-state index contributed by atoms with van der Waals surface area (Å²) in [7, 11) is 0. The lowest BCUT2D eigenvalue weighted by molar-refractivity contribution is 0.0450. The number of aromatic nitrogens is 3. The van der Waals surface area contributed by atoms with Crippen molar-refractivity contribution >= 4 is 45.6 Å². The van der Waals surface area contributed by atoms with Crippen molar-refractivity contribution in [2.75, 3.05) is 12.3 Å². The highest BCUT2D eigenvalue weighted by Crippen LogP contribution is 2.32. The summed E-state index contributed by atoms with van der Waals surface area (Å²) >= 11 is 5.98. The first-order chi connectivity index (χ1) is 14.4. The summed E-state index contributed by atoms with van der Waals surface area (Å²) in [6, 6.07) is 11.5. The lowest BCUT2D eigenvalue weighted by Gasteiger charge is -2.10. The third kappa shape index (κ3) is 3.45. The summed E-state index contributed by atoms with van der Waals surface area (Å²) in [5.74, 6) is -0.807. The van der Waals surface area contributed by atoms with Gasteiger partial charge in [-0.3, -0.25) is 4.57 Å². The molecule has 2 aromatic heterocycles. The van der Waals surface area contributed by atoms with Gasteiger partial charge >= 0.3 is 5.97 Å². The monoisotopic (exact) mass is 426 g/mol. The van der Waals surface area contributed by atoms with E-state index in [1.807, 2.05) is 32.0 Å². The number of anilines is 1. The van der Waals surface area contributed by atoms with Crippen LogP contribution in [0.15, 0.2) is 42.5 Å². The fourth-order valence-electron chi connectivity index (χ4n) is 3.16. The number of fused-ring (bicyclic) bond motifs is 2. The van der Waals surface area contributed by atoms with Gasteiger partial charge in [0, 0.05) is 0 Å². The molecule has 0 saturated heterocycles. The van der Waals surface area contributed by atoms with E-state index in [1.165, 1.54) is 18.2 Å². The fraction of sp³-hybridized carbons (Fsp3) is 0.227. The molecule has 2 N–H and O–H groups in total. The quantitative estimate of drug-likeness (QED) is 0.446. The number of esters is 1. The molecular formula is C22H20ClFN4O2. The molecule has 0 aliphatic rings. The van der Waals surface area contributed by atoms with Gasteiger partial charge in [-0.15, -0.1) is 0 Å². The maximum absolute atomic E-state index is 13.7. The molecule has 0 amide bonds. The summed E-state index contributed by atoms with van der Waals surface area (Å²) in [6.45, 7) is 4.28. The standard InChI is InChI=1S/C22H20ClFN4O2/c1-3-12(2)11-30-22(29)18-19-21(27-17-7-5-4-6-16(17)26-19)28(20(18)25)13-8-9-15(24)14(23)10-13/h4-10,12H,3,11,25H2,1-2H3. The van der Waals surface area contributed by atoms with Crippen LogP contribution in [-0.4, -0.2) is 27.1 Å². The van der Waals surface area contributed by atoms with E-state index in [-0.39, 0.29) is 28.9 Å². The summed E-state index contributed by atoms with van der Waals surface area (Å²) in [4.78, 5) is 22.2. The fourth-order valence-corrected chi connectivity index (χ4v) is 3.33. The molecule has 0 saturated carbocycles. The lowest BCUT2D eigenvalue weighted by atomic mass is 10.1. The molecule has 2 heterocycles. The Kier molecular flexibility index (Phi) is 5.30. The second-order valence-corrected chi connectivity index (χ2v) is 7.60. The average Bonchev–Trinajstić information content (AvgIpc) is 3.02. The zero-order chi connectivity index (χ0) is 21.4. The normalized spacial score (nSPS) is 12.4. The SMILES string of the molecule is CCC(C)COC(=O)c1c(N)n(-c2ccc(F)c(Cl)c2)c2nc3ccccc3nc12. The van der Waals surface area contributed by atoms with Gasteiger partial charge in [-0.25, -0.2) is 19.2 Å². The first-order valence-corrected chi connectivity index (χ1v) is 9.97. The van der Waals surface area contributed by atoms with Crippen molar-refractivity contribution in [2.24, 2.45) is 5.92 Å². The first kappa shape index (κ1) is 20.1. The van der Waals surface area contributed by atoms with Crippen LogP contribution in [0.1, 0.15) is 30.6 Å². The molecule has 0 aliphatic carbocycles. The number of carbonyl (C=O) groups is 1. The van der Waals surface area contributed by atoms with Crippen molar-refractivity contribution in [1.82, 2.24) is 14.5 Å². The number of rotatable bonds is 5. The maximum Gasteiger partial charge on any atom is 0.344 e. The average molecular weight is 427 g/mol. The van der Waals surface area contributed by atoms with Crippen LogP contribution >= 0.6 is 11.6 Å². The molecule has 0 aliphatic heterocycles. The van der Waals surface area contributed by atoms with E-state index < -0.39 is 11.8 Å². The predicted octanol–water partition coefficient (Wildman–Crippen LogP) is 5.15. The minimum atomic E-state index is -0.575. The van der Waals surface area contributed by atoms with Crippen molar-refractivity contribution in [3.8, 4) is 5.69 Å². The van der Waals surface area contributed by atoms with E-state index in [2.05, 4.69) is 9.97 Å². The van der Waals surface area contributed by atoms with E-state index in [4.69, 9.17) is 22.1 Å². The van der Waals surface area contributed by atoms with Gasteiger partial charge in [-0.05, 0) is 36.2 Å². The zero-order valence-electron chi connectivity index (χ0n) is 16.5. The van der Waals surface area contributed by atoms with Crippen molar-refractivity contribution in [3.05, 3.63) is 58.9 Å². The van der Waals surface area contributed by atoms with Gasteiger partial charge in [0.1, 0.15) is 22.7 Å². The van der Waals surface area contributed by atoms with Gasteiger partial charge in [-0.1, -0.05) is 44.0 Å². The number of para-hydroxylation sites is 2. The number of halogens is 2. The minimum absolute atomic E-state index is 0.0663. The van der Waals surface area contributed by atoms with Crippen LogP contribution in [0.25, 0.3) is 27.9 Å². The van der Waals surface area contributed by atoms with E-state index in [0.29, 0.717) is 27.9 Å². The van der Waals surface area contributed by atoms with E-state index in [9.17, 15) is 9.18 Å². The summed E-state index contributed by atoms with van der Waals surface area (Å²) in [6.07, 6.45) is 0.878. The zero-order valence-corrected chi connectivity index (χ0v) is 17.3. The number of nitrogen functional groups attached to an aromatic ring is 1. The van der Waals surface area contributed by atoms with Crippen molar-refractivity contribution < 1.29 is 13.9 Å². The molecule has 0 radical (unpaired) electrons. The number of hydrogen-bond acceptors (Lipinski definition) is 5. The third-order valence-electron chi connectivity index (χ3n) is 5.06. The highest BCUT2D eigenvalue weighted by atomic mass is 35.5. The van der Waals surface area contributed by atoms with Crippen LogP contribution in [-0.2, 0) is 4.74 Å². The number of carbonyl (C=O) groups excluding carboxylic acids is 1. The van der Waals surface area contributed by atoms with Gasteiger partial charge in [0.2, 0.25) is 0 Å². The van der Waals surface area contributed by atoms with Crippen LogP contribution in [0, 0.1) is 11.7 Å². The second-order valence-electron chi connectivity index (χ2n) is 7.19. The van der Waals surface area contributed by atoms with E-state index in [1.54, 1.807) is 10.6 Å². The number of nitrogens with two attached hydrogens (primary N) is 1. The molecule has 1 unspecified atom stereocenters. The van der Waals surface area contributed by atoms with Crippen molar-refractivity contribution in [1.29, 1.82) is 0 Å². The Morgan fingerprint density at radius 1 is 1.23 bits per heavy atom. The molecule has 30 heavy (non-hydrogen) atoms. The Labute approximate surface area is 177 Å². The second kappa shape index (κ2) is 7.91. The minimum Gasteiger partial charge on any atom is -0.462 e. The Hall–Kier alpha value is -3.19. The highest BCUT2D eigenvalue weighted by molar-refractivity contribution is 6.31. The molecule has 0 fully saturated rings. The predicted molar refractivity (Wildman–Crippen MR) is 115 cm³/mol. The van der Waals surface area contributed by atoms with Crippen LogP contribution in [0.5, 0.6) is 0 Å². The summed E-state index contributed by atoms with van der Waals surface area (Å²) < 4.78 is 20.7. The number of benzene rings is 2. The van der Waals surface area contributed by atoms with Crippen molar-refractivity contribution in [3.63, 3.8) is 0 Å². The van der Waals surface area contributed by atoms with Gasteiger partial charge in [0.05, 0.1) is 28.4 Å². The lowest BCUT2D eigenvalue weighted by Crippen LogP contribution is -2.13. The molecule has 6 nitrogen and oxygen atoms in total. The molecule has 0 bridgehead atoms. The summed E-state index contributed by atoms with van der Waals surface area (Å²) in [5, 5.41) is -0.0663. The topological polar surface area (TPSA) is 83.0 Å². The number of nitrogens with zero attached hydrogens (tertiary/aromatic N) is 3.